The normalized spacial score (nSPS) is 36.7. The van der Waals surface area contributed by atoms with Crippen LogP contribution in [0.1, 0.15) is 45.4 Å². The van der Waals surface area contributed by atoms with Crippen LogP contribution in [0.3, 0.4) is 0 Å². The van der Waals surface area contributed by atoms with E-state index >= 15 is 0 Å². The van der Waals surface area contributed by atoms with Crippen LogP contribution in [-0.4, -0.2) is 24.5 Å². The predicted octanol–water partition coefficient (Wildman–Crippen LogP) is 2.91. The summed E-state index contributed by atoms with van der Waals surface area (Å²) in [6, 6.07) is 0. The molecule has 2 aliphatic rings. The molecule has 0 aromatic heterocycles. The van der Waals surface area contributed by atoms with E-state index in [1.165, 1.54) is 58.2 Å². The van der Waals surface area contributed by atoms with Gasteiger partial charge in [0.2, 0.25) is 0 Å². The van der Waals surface area contributed by atoms with Crippen molar-refractivity contribution in [3.8, 4) is 0 Å². The van der Waals surface area contributed by atoms with Gasteiger partial charge in [-0.2, -0.15) is 0 Å². The summed E-state index contributed by atoms with van der Waals surface area (Å²) < 4.78 is 0. The summed E-state index contributed by atoms with van der Waals surface area (Å²) in [5.74, 6) is 2.14. The molecule has 76 valence electrons. The number of piperidine rings is 1. The molecule has 0 spiro atoms. The summed E-state index contributed by atoms with van der Waals surface area (Å²) in [5, 5.41) is 0. The van der Waals surface area contributed by atoms with Crippen LogP contribution < -0.4 is 0 Å². The Kier molecular flexibility index (Phi) is 3.26. The minimum atomic E-state index is 1.05. The largest absolute Gasteiger partial charge is 0.303 e. The maximum absolute atomic E-state index is 2.65. The van der Waals surface area contributed by atoms with Gasteiger partial charge in [0.25, 0.3) is 0 Å². The Hall–Kier alpha value is -0.0400. The summed E-state index contributed by atoms with van der Waals surface area (Å²) in [4.78, 5) is 2.65. The summed E-state index contributed by atoms with van der Waals surface area (Å²) in [5.41, 5.74) is 0. The lowest BCUT2D eigenvalue weighted by Gasteiger charge is -2.37. The lowest BCUT2D eigenvalue weighted by atomic mass is 9.82. The smallest absolute Gasteiger partial charge is 0.00122 e. The molecule has 1 saturated carbocycles. The summed E-state index contributed by atoms with van der Waals surface area (Å²) in [6.45, 7) is 6.35. The Labute approximate surface area is 82.5 Å². The Bertz CT molecular complexity index is 155. The minimum Gasteiger partial charge on any atom is -0.303 e. The molecule has 2 fully saturated rings. The van der Waals surface area contributed by atoms with Crippen molar-refractivity contribution in [1.82, 2.24) is 4.90 Å². The van der Waals surface area contributed by atoms with E-state index < -0.39 is 0 Å². The first-order chi connectivity index (χ1) is 6.40. The van der Waals surface area contributed by atoms with E-state index in [-0.39, 0.29) is 0 Å². The fraction of sp³-hybridized carbons (Fsp3) is 1.00. The monoisotopic (exact) mass is 181 g/mol. The SMILES string of the molecule is CCN1CCC2CCCCCC2C1. The molecule has 0 amide bonds. The first-order valence-corrected chi connectivity index (χ1v) is 6.12. The number of hydrogen-bond acceptors (Lipinski definition) is 1. The zero-order valence-corrected chi connectivity index (χ0v) is 8.97. The van der Waals surface area contributed by atoms with Crippen LogP contribution in [0, 0.1) is 11.8 Å². The molecule has 0 radical (unpaired) electrons. The van der Waals surface area contributed by atoms with Crippen molar-refractivity contribution in [1.29, 1.82) is 0 Å². The van der Waals surface area contributed by atoms with Gasteiger partial charge in [-0.3, -0.25) is 0 Å². The molecular weight excluding hydrogens is 158 g/mol. The number of hydrogen-bond donors (Lipinski definition) is 0. The van der Waals surface area contributed by atoms with Crippen LogP contribution in [0.4, 0.5) is 0 Å². The van der Waals surface area contributed by atoms with Crippen LogP contribution in [-0.2, 0) is 0 Å². The van der Waals surface area contributed by atoms with Crippen LogP contribution in [0.25, 0.3) is 0 Å². The van der Waals surface area contributed by atoms with Gasteiger partial charge in [-0.25, -0.2) is 0 Å². The van der Waals surface area contributed by atoms with Gasteiger partial charge in [0.15, 0.2) is 0 Å². The zero-order valence-electron chi connectivity index (χ0n) is 8.97. The van der Waals surface area contributed by atoms with E-state index in [2.05, 4.69) is 11.8 Å². The van der Waals surface area contributed by atoms with Gasteiger partial charge in [0.1, 0.15) is 0 Å². The lowest BCUT2D eigenvalue weighted by molar-refractivity contribution is 0.118. The molecule has 1 aliphatic heterocycles. The van der Waals surface area contributed by atoms with Gasteiger partial charge < -0.3 is 4.90 Å². The molecule has 1 nitrogen and oxygen atoms in total. The highest BCUT2D eigenvalue weighted by Gasteiger charge is 2.28. The van der Waals surface area contributed by atoms with Crippen LogP contribution in [0.5, 0.6) is 0 Å². The second-order valence-electron chi connectivity index (χ2n) is 4.84. The third-order valence-electron chi connectivity index (χ3n) is 4.07. The molecule has 2 rings (SSSR count). The molecule has 1 aliphatic carbocycles. The van der Waals surface area contributed by atoms with Gasteiger partial charge in [0, 0.05) is 6.54 Å². The van der Waals surface area contributed by atoms with Crippen molar-refractivity contribution >= 4 is 0 Å². The summed E-state index contributed by atoms with van der Waals surface area (Å²) in [7, 11) is 0. The third kappa shape index (κ3) is 2.25. The number of rotatable bonds is 1. The molecule has 2 unspecified atom stereocenters. The van der Waals surface area contributed by atoms with E-state index in [0.29, 0.717) is 0 Å². The predicted molar refractivity (Wildman–Crippen MR) is 56.8 cm³/mol. The fourth-order valence-electron chi connectivity index (χ4n) is 3.14. The molecule has 1 saturated heterocycles. The Morgan fingerprint density at radius 3 is 2.54 bits per heavy atom. The second kappa shape index (κ2) is 4.45. The van der Waals surface area contributed by atoms with Crippen molar-refractivity contribution in [3.63, 3.8) is 0 Å². The second-order valence-corrected chi connectivity index (χ2v) is 4.84. The van der Waals surface area contributed by atoms with E-state index in [9.17, 15) is 0 Å². The molecule has 0 aromatic rings. The van der Waals surface area contributed by atoms with Gasteiger partial charge in [0.05, 0.1) is 0 Å². The van der Waals surface area contributed by atoms with Crippen molar-refractivity contribution in [2.75, 3.05) is 19.6 Å². The molecule has 2 atom stereocenters. The van der Waals surface area contributed by atoms with E-state index in [1.807, 2.05) is 0 Å². The zero-order chi connectivity index (χ0) is 9.10. The maximum Gasteiger partial charge on any atom is 0.00122 e. The molecule has 13 heavy (non-hydrogen) atoms. The summed E-state index contributed by atoms with van der Waals surface area (Å²) in [6.07, 6.45) is 9.03. The molecular formula is C12H23N. The molecule has 1 heteroatoms. The van der Waals surface area contributed by atoms with E-state index in [4.69, 9.17) is 0 Å². The van der Waals surface area contributed by atoms with Crippen molar-refractivity contribution in [2.45, 2.75) is 45.4 Å². The Balaban J connectivity index is 1.91. The average Bonchev–Trinajstić information content (AvgIpc) is 2.41. The quantitative estimate of drug-likeness (QED) is 0.601. The van der Waals surface area contributed by atoms with Crippen molar-refractivity contribution < 1.29 is 0 Å². The standard InChI is InChI=1S/C12H23N/c1-2-13-9-8-11-6-4-3-5-7-12(11)10-13/h11-12H,2-10H2,1H3. The number of fused-ring (bicyclic) bond motifs is 1. The van der Waals surface area contributed by atoms with Gasteiger partial charge in [-0.1, -0.05) is 32.6 Å². The van der Waals surface area contributed by atoms with Crippen molar-refractivity contribution in [3.05, 3.63) is 0 Å². The first kappa shape index (κ1) is 9.51. The van der Waals surface area contributed by atoms with E-state index in [0.717, 1.165) is 11.8 Å². The van der Waals surface area contributed by atoms with Gasteiger partial charge in [-0.05, 0) is 37.8 Å². The molecule has 0 bridgehead atoms. The van der Waals surface area contributed by atoms with Crippen LogP contribution >= 0.6 is 0 Å². The lowest BCUT2D eigenvalue weighted by Crippen LogP contribution is -2.39. The first-order valence-electron chi connectivity index (χ1n) is 6.12. The topological polar surface area (TPSA) is 3.24 Å². The maximum atomic E-state index is 2.65. The van der Waals surface area contributed by atoms with E-state index in [1.54, 1.807) is 0 Å². The number of nitrogens with zero attached hydrogens (tertiary/aromatic N) is 1. The van der Waals surface area contributed by atoms with Crippen LogP contribution in [0.2, 0.25) is 0 Å². The molecule has 1 heterocycles. The van der Waals surface area contributed by atoms with Gasteiger partial charge in [-0.15, -0.1) is 0 Å². The highest BCUT2D eigenvalue weighted by atomic mass is 15.1. The summed E-state index contributed by atoms with van der Waals surface area (Å²) >= 11 is 0. The van der Waals surface area contributed by atoms with Crippen molar-refractivity contribution in [2.24, 2.45) is 11.8 Å². The molecule has 0 N–H and O–H groups in total. The third-order valence-corrected chi connectivity index (χ3v) is 4.07. The van der Waals surface area contributed by atoms with Crippen LogP contribution in [0.15, 0.2) is 0 Å². The highest BCUT2D eigenvalue weighted by Crippen LogP contribution is 2.34. The highest BCUT2D eigenvalue weighted by molar-refractivity contribution is 4.81. The Morgan fingerprint density at radius 2 is 1.77 bits per heavy atom. The fourth-order valence-corrected chi connectivity index (χ4v) is 3.14. The van der Waals surface area contributed by atoms with Gasteiger partial charge >= 0.3 is 0 Å². The molecule has 0 aromatic carbocycles. The Morgan fingerprint density at radius 1 is 1.00 bits per heavy atom. The number of likely N-dealkylation sites (tertiary alicyclic amines) is 1. The minimum absolute atomic E-state index is 1.05. The average molecular weight is 181 g/mol.